The molecule has 0 aliphatic heterocycles. The highest BCUT2D eigenvalue weighted by Crippen LogP contribution is 2.22. The van der Waals surface area contributed by atoms with Crippen molar-refractivity contribution in [2.24, 2.45) is 5.41 Å². The largest absolute Gasteiger partial charge is 0.464 e. The first kappa shape index (κ1) is 18.9. The average Bonchev–Trinajstić information content (AvgIpc) is 2.32. The molecule has 0 bridgehead atoms. The molecule has 0 spiro atoms. The lowest BCUT2D eigenvalue weighted by atomic mass is 9.95. The van der Waals surface area contributed by atoms with Gasteiger partial charge >= 0.3 is 11.9 Å². The van der Waals surface area contributed by atoms with Gasteiger partial charge in [0.05, 0.1) is 0 Å². The Labute approximate surface area is 133 Å². The molecular formula is C11H15Br2ClO5. The van der Waals surface area contributed by atoms with E-state index in [9.17, 15) is 14.4 Å². The zero-order valence-corrected chi connectivity index (χ0v) is 14.7. The van der Waals surface area contributed by atoms with E-state index in [1.807, 2.05) is 0 Å². The first-order chi connectivity index (χ1) is 8.60. The van der Waals surface area contributed by atoms with E-state index in [-0.39, 0.29) is 13.2 Å². The van der Waals surface area contributed by atoms with Crippen LogP contribution in [0, 0.1) is 5.41 Å². The van der Waals surface area contributed by atoms with Crippen LogP contribution in [0.5, 0.6) is 0 Å². The lowest BCUT2D eigenvalue weighted by Crippen LogP contribution is -2.38. The van der Waals surface area contributed by atoms with E-state index in [2.05, 4.69) is 31.9 Å². The van der Waals surface area contributed by atoms with Crippen LogP contribution in [0.25, 0.3) is 0 Å². The van der Waals surface area contributed by atoms with Gasteiger partial charge in [-0.05, 0) is 32.4 Å². The number of halogens is 3. The summed E-state index contributed by atoms with van der Waals surface area (Å²) in [5, 5.41) is -0.738. The maximum atomic E-state index is 11.4. The fourth-order valence-corrected chi connectivity index (χ4v) is 1.22. The summed E-state index contributed by atoms with van der Waals surface area (Å²) in [6.07, 6.45) is 0. The summed E-state index contributed by atoms with van der Waals surface area (Å²) < 4.78 is 9.86. The summed E-state index contributed by atoms with van der Waals surface area (Å²) in [5.74, 6) is -1.05. The number of carbonyl (C=O) groups is 3. The quantitative estimate of drug-likeness (QED) is 0.358. The molecule has 0 aromatic rings. The molecule has 2 atom stereocenters. The average molecular weight is 422 g/mol. The van der Waals surface area contributed by atoms with Crippen LogP contribution in [0.1, 0.15) is 20.8 Å². The van der Waals surface area contributed by atoms with Crippen LogP contribution in [0.15, 0.2) is 0 Å². The minimum Gasteiger partial charge on any atom is -0.464 e. The summed E-state index contributed by atoms with van der Waals surface area (Å²) in [6.45, 7) is 4.13. The number of alkyl halides is 2. The van der Waals surface area contributed by atoms with Crippen LogP contribution >= 0.6 is 43.5 Å². The maximum absolute atomic E-state index is 11.4. The Morgan fingerprint density at radius 2 is 1.37 bits per heavy atom. The molecule has 19 heavy (non-hydrogen) atoms. The maximum Gasteiger partial charge on any atom is 0.319 e. The van der Waals surface area contributed by atoms with Gasteiger partial charge in [0.1, 0.15) is 28.3 Å². The lowest BCUT2D eigenvalue weighted by molar-refractivity contribution is -0.154. The molecule has 5 nitrogen and oxygen atoms in total. The predicted octanol–water partition coefficient (Wildman–Crippen LogP) is 2.41. The molecule has 0 amide bonds. The Balaban J connectivity index is 4.55. The Bertz CT molecular complexity index is 333. The number of esters is 2. The van der Waals surface area contributed by atoms with Crippen LogP contribution in [0.4, 0.5) is 0 Å². The van der Waals surface area contributed by atoms with Crippen molar-refractivity contribution in [1.29, 1.82) is 0 Å². The highest BCUT2D eigenvalue weighted by molar-refractivity contribution is 9.10. The molecule has 0 heterocycles. The molecule has 0 fully saturated rings. The second-order valence-electron chi connectivity index (χ2n) is 4.28. The number of carbonyl (C=O) groups excluding carboxylic acids is 3. The molecule has 0 rings (SSSR count). The number of ether oxygens (including phenoxy) is 2. The smallest absolute Gasteiger partial charge is 0.319 e. The zero-order valence-electron chi connectivity index (χ0n) is 10.7. The van der Waals surface area contributed by atoms with Gasteiger partial charge in [0, 0.05) is 0 Å². The molecular weight excluding hydrogens is 407 g/mol. The molecule has 0 saturated heterocycles. The molecule has 0 radical (unpaired) electrons. The Morgan fingerprint density at radius 3 is 1.58 bits per heavy atom. The van der Waals surface area contributed by atoms with Crippen molar-refractivity contribution in [2.75, 3.05) is 13.2 Å². The minimum atomic E-state index is -1.27. The van der Waals surface area contributed by atoms with Gasteiger partial charge < -0.3 is 9.47 Å². The number of hydrogen-bond donors (Lipinski definition) is 0. The third-order valence-electron chi connectivity index (χ3n) is 2.19. The number of hydrogen-bond acceptors (Lipinski definition) is 5. The van der Waals surface area contributed by atoms with Crippen molar-refractivity contribution in [2.45, 2.75) is 30.4 Å². The summed E-state index contributed by atoms with van der Waals surface area (Å²) in [4.78, 5) is 33.0. The van der Waals surface area contributed by atoms with Crippen molar-refractivity contribution in [3.8, 4) is 0 Å². The van der Waals surface area contributed by atoms with Crippen LogP contribution in [0.3, 0.4) is 0 Å². The second-order valence-corrected chi connectivity index (χ2v) is 7.37. The fourth-order valence-electron chi connectivity index (χ4n) is 0.846. The summed E-state index contributed by atoms with van der Waals surface area (Å²) in [7, 11) is 0. The van der Waals surface area contributed by atoms with Gasteiger partial charge in [-0.1, -0.05) is 31.9 Å². The van der Waals surface area contributed by atoms with Crippen LogP contribution in [-0.2, 0) is 23.9 Å². The first-order valence-corrected chi connectivity index (χ1v) is 7.62. The Kier molecular flexibility index (Phi) is 8.15. The first-order valence-electron chi connectivity index (χ1n) is 5.41. The highest BCUT2D eigenvalue weighted by atomic mass is 79.9. The van der Waals surface area contributed by atoms with Gasteiger partial charge in [-0.25, -0.2) is 0 Å². The molecule has 110 valence electrons. The fraction of sp³-hybridized carbons (Fsp3) is 0.727. The molecule has 0 aromatic heterocycles. The third kappa shape index (κ3) is 6.72. The van der Waals surface area contributed by atoms with Gasteiger partial charge in [0.2, 0.25) is 5.24 Å². The van der Waals surface area contributed by atoms with Crippen molar-refractivity contribution < 1.29 is 23.9 Å². The normalized spacial score (nSPS) is 16.9. The third-order valence-corrected chi connectivity index (χ3v) is 3.39. The molecule has 0 aromatic carbocycles. The van der Waals surface area contributed by atoms with E-state index in [1.54, 1.807) is 13.8 Å². The van der Waals surface area contributed by atoms with E-state index in [1.165, 1.54) is 6.92 Å². The van der Waals surface area contributed by atoms with Crippen LogP contribution < -0.4 is 0 Å². The van der Waals surface area contributed by atoms with E-state index in [0.29, 0.717) is 0 Å². The monoisotopic (exact) mass is 420 g/mol. The molecule has 0 saturated carbocycles. The van der Waals surface area contributed by atoms with Gasteiger partial charge in [0.15, 0.2) is 0 Å². The summed E-state index contributed by atoms with van der Waals surface area (Å²) in [5.41, 5.74) is -1.27. The van der Waals surface area contributed by atoms with Gasteiger partial charge in [0.25, 0.3) is 0 Å². The van der Waals surface area contributed by atoms with Gasteiger partial charge in [-0.3, -0.25) is 14.4 Å². The summed E-state index contributed by atoms with van der Waals surface area (Å²) in [6, 6.07) is 0. The van der Waals surface area contributed by atoms with Crippen LogP contribution in [-0.4, -0.2) is 40.0 Å². The van der Waals surface area contributed by atoms with Crippen molar-refractivity contribution in [3.05, 3.63) is 0 Å². The van der Waals surface area contributed by atoms with E-state index in [4.69, 9.17) is 21.1 Å². The molecule has 0 aliphatic carbocycles. The Hall–Kier alpha value is -0.140. The highest BCUT2D eigenvalue weighted by Gasteiger charge is 2.36. The lowest BCUT2D eigenvalue weighted by Gasteiger charge is -2.24. The second kappa shape index (κ2) is 8.21. The molecule has 0 aliphatic rings. The molecule has 0 N–H and O–H groups in total. The molecule has 2 unspecified atom stereocenters. The minimum absolute atomic E-state index is 0.256. The van der Waals surface area contributed by atoms with E-state index < -0.39 is 32.3 Å². The summed E-state index contributed by atoms with van der Waals surface area (Å²) >= 11 is 11.5. The zero-order chi connectivity index (χ0) is 15.2. The van der Waals surface area contributed by atoms with Crippen LogP contribution in [0.2, 0.25) is 0 Å². The predicted molar refractivity (Wildman–Crippen MR) is 77.7 cm³/mol. The van der Waals surface area contributed by atoms with Gasteiger partial charge in [-0.15, -0.1) is 0 Å². The molecule has 8 heteroatoms. The topological polar surface area (TPSA) is 69.7 Å². The Morgan fingerprint density at radius 1 is 1.05 bits per heavy atom. The van der Waals surface area contributed by atoms with E-state index in [0.717, 1.165) is 0 Å². The van der Waals surface area contributed by atoms with Crippen molar-refractivity contribution in [3.63, 3.8) is 0 Å². The van der Waals surface area contributed by atoms with Crippen molar-refractivity contribution in [1.82, 2.24) is 0 Å². The SMILES string of the molecule is CC(Br)C(=O)OCC(C)(COC(=O)C(C)Br)C(=O)Cl. The van der Waals surface area contributed by atoms with Crippen molar-refractivity contribution >= 4 is 60.6 Å². The standard InChI is InChI=1S/C11H15Br2ClO5/c1-6(12)8(15)18-4-11(3,10(14)17)5-19-9(16)7(2)13/h6-7H,4-5H2,1-3H3. The van der Waals surface area contributed by atoms with E-state index >= 15 is 0 Å². The van der Waals surface area contributed by atoms with Gasteiger partial charge in [-0.2, -0.15) is 0 Å². The number of rotatable bonds is 7.